The van der Waals surface area contributed by atoms with Crippen molar-refractivity contribution in [2.75, 3.05) is 32.5 Å². The number of nitrogens with zero attached hydrogens (tertiary/aromatic N) is 5. The van der Waals surface area contributed by atoms with Crippen LogP contribution in [0.1, 0.15) is 12.8 Å². The van der Waals surface area contributed by atoms with Gasteiger partial charge in [-0.05, 0) is 44.1 Å². The first-order valence-electron chi connectivity index (χ1n) is 8.20. The molecule has 2 aromatic rings. The van der Waals surface area contributed by atoms with Crippen molar-refractivity contribution in [3.05, 3.63) is 30.7 Å². The van der Waals surface area contributed by atoms with Crippen molar-refractivity contribution in [3.63, 3.8) is 0 Å². The van der Waals surface area contributed by atoms with Crippen LogP contribution in [0.5, 0.6) is 0 Å². The third-order valence-electron chi connectivity index (χ3n) is 4.50. The van der Waals surface area contributed by atoms with Crippen LogP contribution in [0, 0.1) is 0 Å². The van der Waals surface area contributed by atoms with Crippen LogP contribution in [0.2, 0.25) is 0 Å². The van der Waals surface area contributed by atoms with Crippen LogP contribution in [0.25, 0.3) is 11.1 Å². The summed E-state index contributed by atoms with van der Waals surface area (Å²) in [6.07, 6.45) is 7.59. The highest BCUT2D eigenvalue weighted by Gasteiger charge is 2.24. The van der Waals surface area contributed by atoms with Crippen molar-refractivity contribution in [1.29, 1.82) is 0 Å². The number of amides is 2. The number of carbonyl (C=O) groups excluding carboxylic acids is 1. The fourth-order valence-corrected chi connectivity index (χ4v) is 3.07. The second-order valence-corrected chi connectivity index (χ2v) is 6.43. The monoisotopic (exact) mass is 328 g/mol. The molecular weight excluding hydrogens is 304 g/mol. The number of carbonyl (C=O) groups is 1. The van der Waals surface area contributed by atoms with E-state index in [-0.39, 0.29) is 12.1 Å². The maximum atomic E-state index is 12.5. The maximum Gasteiger partial charge on any atom is 0.323 e. The molecule has 24 heavy (non-hydrogen) atoms. The summed E-state index contributed by atoms with van der Waals surface area (Å²) in [5.74, 6) is 0.553. The summed E-state index contributed by atoms with van der Waals surface area (Å²) < 4.78 is 1.75. The Kier molecular flexibility index (Phi) is 4.80. The average Bonchev–Trinajstić information content (AvgIpc) is 3.01. The van der Waals surface area contributed by atoms with E-state index in [1.165, 1.54) is 0 Å². The summed E-state index contributed by atoms with van der Waals surface area (Å²) in [6, 6.07) is 3.90. The van der Waals surface area contributed by atoms with Crippen LogP contribution in [-0.2, 0) is 7.05 Å². The number of aryl methyl sites for hydroxylation is 1. The Balaban J connectivity index is 1.68. The Morgan fingerprint density at radius 2 is 2.21 bits per heavy atom. The van der Waals surface area contributed by atoms with Gasteiger partial charge in [0.05, 0.1) is 6.20 Å². The molecule has 1 fully saturated rings. The first kappa shape index (κ1) is 16.4. The molecule has 1 unspecified atom stereocenters. The lowest BCUT2D eigenvalue weighted by atomic mass is 10.1. The molecule has 1 aliphatic heterocycles. The molecule has 2 amide bonds. The second kappa shape index (κ2) is 7.00. The summed E-state index contributed by atoms with van der Waals surface area (Å²) in [6.45, 7) is 2.01. The van der Waals surface area contributed by atoms with E-state index in [9.17, 15) is 4.79 Å². The highest BCUT2D eigenvalue weighted by atomic mass is 16.2. The fourth-order valence-electron chi connectivity index (χ4n) is 3.07. The standard InChI is InChI=1S/C17H24N6O/c1-21-8-4-5-15(12-21)23(3)17(24)20-16-9-13(6-7-18-16)14-10-19-22(2)11-14/h6-7,9-11,15H,4-5,8,12H2,1-3H3,(H,18,20,24). The van der Waals surface area contributed by atoms with Gasteiger partial charge >= 0.3 is 6.03 Å². The Morgan fingerprint density at radius 1 is 1.38 bits per heavy atom. The molecule has 128 valence electrons. The van der Waals surface area contributed by atoms with Crippen LogP contribution in [0.15, 0.2) is 30.7 Å². The van der Waals surface area contributed by atoms with Gasteiger partial charge in [-0.1, -0.05) is 0 Å². The minimum Gasteiger partial charge on any atom is -0.323 e. The van der Waals surface area contributed by atoms with Crippen molar-refractivity contribution in [2.24, 2.45) is 7.05 Å². The minimum atomic E-state index is -0.119. The number of hydrogen-bond acceptors (Lipinski definition) is 4. The lowest BCUT2D eigenvalue weighted by Crippen LogP contribution is -2.48. The first-order valence-corrected chi connectivity index (χ1v) is 8.20. The van der Waals surface area contributed by atoms with Gasteiger partial charge in [-0.25, -0.2) is 9.78 Å². The van der Waals surface area contributed by atoms with E-state index in [1.54, 1.807) is 22.0 Å². The summed E-state index contributed by atoms with van der Waals surface area (Å²) in [4.78, 5) is 20.8. The van der Waals surface area contributed by atoms with E-state index in [0.29, 0.717) is 5.82 Å². The average molecular weight is 328 g/mol. The molecule has 0 spiro atoms. The lowest BCUT2D eigenvalue weighted by molar-refractivity contribution is 0.148. The predicted octanol–water partition coefficient (Wildman–Crippen LogP) is 2.04. The van der Waals surface area contributed by atoms with E-state index >= 15 is 0 Å². The second-order valence-electron chi connectivity index (χ2n) is 6.43. The summed E-state index contributed by atoms with van der Waals surface area (Å²) in [5.41, 5.74) is 1.98. The number of piperidine rings is 1. The predicted molar refractivity (Wildman–Crippen MR) is 93.7 cm³/mol. The van der Waals surface area contributed by atoms with Crippen LogP contribution in [0.4, 0.5) is 10.6 Å². The molecular formula is C17H24N6O. The van der Waals surface area contributed by atoms with Crippen LogP contribution in [0.3, 0.4) is 0 Å². The van der Waals surface area contributed by atoms with Gasteiger partial charge < -0.3 is 9.80 Å². The lowest BCUT2D eigenvalue weighted by Gasteiger charge is -2.35. The van der Waals surface area contributed by atoms with Crippen molar-refractivity contribution < 1.29 is 4.79 Å². The molecule has 2 aromatic heterocycles. The van der Waals surface area contributed by atoms with Crippen LogP contribution in [-0.4, -0.2) is 63.8 Å². The molecule has 7 nitrogen and oxygen atoms in total. The zero-order chi connectivity index (χ0) is 17.1. The molecule has 0 saturated carbocycles. The molecule has 0 aliphatic carbocycles. The van der Waals surface area contributed by atoms with E-state index < -0.39 is 0 Å². The molecule has 0 aromatic carbocycles. The summed E-state index contributed by atoms with van der Waals surface area (Å²) >= 11 is 0. The van der Waals surface area contributed by atoms with Crippen molar-refractivity contribution >= 4 is 11.8 Å². The molecule has 1 atom stereocenters. The van der Waals surface area contributed by atoms with E-state index in [4.69, 9.17) is 0 Å². The van der Waals surface area contributed by atoms with E-state index in [1.807, 2.05) is 32.4 Å². The Bertz CT molecular complexity index is 713. The summed E-state index contributed by atoms with van der Waals surface area (Å²) in [5, 5.41) is 7.08. The van der Waals surface area contributed by atoms with Gasteiger partial charge in [-0.15, -0.1) is 0 Å². The zero-order valence-corrected chi connectivity index (χ0v) is 14.4. The van der Waals surface area contributed by atoms with Crippen LogP contribution >= 0.6 is 0 Å². The van der Waals surface area contributed by atoms with Crippen molar-refractivity contribution in [1.82, 2.24) is 24.6 Å². The minimum absolute atomic E-state index is 0.119. The number of aromatic nitrogens is 3. The Labute approximate surface area is 142 Å². The van der Waals surface area contributed by atoms with Gasteiger partial charge in [-0.2, -0.15) is 5.10 Å². The molecule has 1 saturated heterocycles. The number of nitrogens with one attached hydrogen (secondary N) is 1. The Morgan fingerprint density at radius 3 is 2.92 bits per heavy atom. The van der Waals surface area contributed by atoms with Gasteiger partial charge in [0.25, 0.3) is 0 Å². The van der Waals surface area contributed by atoms with Crippen molar-refractivity contribution in [3.8, 4) is 11.1 Å². The van der Waals surface area contributed by atoms with Gasteiger partial charge in [0.2, 0.25) is 0 Å². The molecule has 3 heterocycles. The molecule has 0 bridgehead atoms. The fraction of sp³-hybridized carbons (Fsp3) is 0.471. The van der Waals surface area contributed by atoms with Crippen molar-refractivity contribution in [2.45, 2.75) is 18.9 Å². The molecule has 3 rings (SSSR count). The van der Waals surface area contributed by atoms with Gasteiger partial charge in [0.1, 0.15) is 5.82 Å². The highest BCUT2D eigenvalue weighted by molar-refractivity contribution is 5.89. The van der Waals surface area contributed by atoms with E-state index in [2.05, 4.69) is 27.3 Å². The highest BCUT2D eigenvalue weighted by Crippen LogP contribution is 2.21. The first-order chi connectivity index (χ1) is 11.5. The number of likely N-dealkylation sites (N-methyl/N-ethyl adjacent to an activating group) is 2. The largest absolute Gasteiger partial charge is 0.323 e. The van der Waals surface area contributed by atoms with Gasteiger partial charge in [0, 0.05) is 44.6 Å². The van der Waals surface area contributed by atoms with Gasteiger partial charge in [0.15, 0.2) is 0 Å². The molecule has 0 radical (unpaired) electrons. The number of hydrogen-bond donors (Lipinski definition) is 1. The van der Waals surface area contributed by atoms with E-state index in [0.717, 1.165) is 37.1 Å². The summed E-state index contributed by atoms with van der Waals surface area (Å²) in [7, 11) is 5.82. The normalized spacial score (nSPS) is 18.4. The number of likely N-dealkylation sites (tertiary alicyclic amines) is 1. The number of urea groups is 1. The molecule has 7 heteroatoms. The molecule has 1 aliphatic rings. The zero-order valence-electron chi connectivity index (χ0n) is 14.4. The topological polar surface area (TPSA) is 66.3 Å². The van der Waals surface area contributed by atoms with Gasteiger partial charge in [-0.3, -0.25) is 10.00 Å². The van der Waals surface area contributed by atoms with Crippen LogP contribution < -0.4 is 5.32 Å². The maximum absolute atomic E-state index is 12.5. The number of anilines is 1. The quantitative estimate of drug-likeness (QED) is 0.936. The molecule has 1 N–H and O–H groups in total. The third kappa shape index (κ3) is 3.73. The SMILES string of the molecule is CN1CCCC(N(C)C(=O)Nc2cc(-c3cnn(C)c3)ccn2)C1. The number of pyridine rings is 1. The Hall–Kier alpha value is -2.41. The number of rotatable bonds is 3. The smallest absolute Gasteiger partial charge is 0.323 e. The third-order valence-corrected chi connectivity index (χ3v) is 4.50.